The first-order valence-corrected chi connectivity index (χ1v) is 5.49. The Hall–Kier alpha value is -1.81. The molecule has 2 rings (SSSR count). The van der Waals surface area contributed by atoms with Gasteiger partial charge in [0, 0.05) is 12.5 Å². The molecule has 1 saturated heterocycles. The summed E-state index contributed by atoms with van der Waals surface area (Å²) in [5, 5.41) is 8.54. The third-order valence-corrected chi connectivity index (χ3v) is 2.47. The summed E-state index contributed by atoms with van der Waals surface area (Å²) in [7, 11) is 0. The van der Waals surface area contributed by atoms with Crippen LogP contribution in [0.4, 0.5) is 0 Å². The van der Waals surface area contributed by atoms with Crippen molar-refractivity contribution in [3.8, 4) is 5.75 Å². The van der Waals surface area contributed by atoms with Crippen molar-refractivity contribution >= 4 is 12.0 Å². The number of carboxylic acids is 1. The molecule has 1 N–H and O–H groups in total. The van der Waals surface area contributed by atoms with Gasteiger partial charge in [-0.05, 0) is 23.8 Å². The Morgan fingerprint density at radius 2 is 2.41 bits per heavy atom. The normalized spacial score (nSPS) is 19.6. The van der Waals surface area contributed by atoms with Gasteiger partial charge in [-0.25, -0.2) is 4.79 Å². The summed E-state index contributed by atoms with van der Waals surface area (Å²) >= 11 is 0. The smallest absolute Gasteiger partial charge is 0.328 e. The zero-order valence-electron chi connectivity index (χ0n) is 9.33. The summed E-state index contributed by atoms with van der Waals surface area (Å²) in [6, 6.07) is 7.35. The number of aliphatic carboxylic acids is 1. The average molecular weight is 234 g/mol. The van der Waals surface area contributed by atoms with Crippen LogP contribution in [0, 0.1) is 0 Å². The van der Waals surface area contributed by atoms with E-state index < -0.39 is 5.97 Å². The molecule has 1 fully saturated rings. The quantitative estimate of drug-likeness (QED) is 0.809. The first kappa shape index (κ1) is 11.7. The van der Waals surface area contributed by atoms with Crippen LogP contribution in [0.2, 0.25) is 0 Å². The lowest BCUT2D eigenvalue weighted by Gasteiger charge is -2.11. The number of hydrogen-bond donors (Lipinski definition) is 1. The van der Waals surface area contributed by atoms with Crippen LogP contribution in [0.1, 0.15) is 12.0 Å². The maximum Gasteiger partial charge on any atom is 0.328 e. The fraction of sp³-hybridized carbons (Fsp3) is 0.308. The van der Waals surface area contributed by atoms with Gasteiger partial charge in [-0.2, -0.15) is 0 Å². The van der Waals surface area contributed by atoms with E-state index in [9.17, 15) is 4.79 Å². The number of carbonyl (C=O) groups is 1. The predicted molar refractivity (Wildman–Crippen MR) is 63.0 cm³/mol. The van der Waals surface area contributed by atoms with Crippen LogP contribution in [-0.2, 0) is 9.53 Å². The molecule has 0 aliphatic carbocycles. The second kappa shape index (κ2) is 5.50. The zero-order valence-corrected chi connectivity index (χ0v) is 9.33. The van der Waals surface area contributed by atoms with Crippen molar-refractivity contribution in [3.63, 3.8) is 0 Å². The molecule has 4 nitrogen and oxygen atoms in total. The van der Waals surface area contributed by atoms with E-state index in [0.717, 1.165) is 30.4 Å². The molecule has 90 valence electrons. The van der Waals surface area contributed by atoms with Gasteiger partial charge in [-0.15, -0.1) is 0 Å². The minimum absolute atomic E-state index is 0.105. The van der Waals surface area contributed by atoms with Gasteiger partial charge in [-0.1, -0.05) is 12.1 Å². The third kappa shape index (κ3) is 3.60. The molecular weight excluding hydrogens is 220 g/mol. The van der Waals surface area contributed by atoms with Gasteiger partial charge in [0.1, 0.15) is 11.9 Å². The van der Waals surface area contributed by atoms with E-state index in [4.69, 9.17) is 14.6 Å². The van der Waals surface area contributed by atoms with Gasteiger partial charge in [-0.3, -0.25) is 0 Å². The molecule has 1 atom stereocenters. The van der Waals surface area contributed by atoms with Crippen LogP contribution in [0.15, 0.2) is 30.3 Å². The second-order valence-corrected chi connectivity index (χ2v) is 3.85. The Morgan fingerprint density at radius 3 is 3.12 bits per heavy atom. The molecule has 0 bridgehead atoms. The van der Waals surface area contributed by atoms with Crippen molar-refractivity contribution in [1.29, 1.82) is 0 Å². The fourth-order valence-corrected chi connectivity index (χ4v) is 1.66. The molecule has 0 spiro atoms. The van der Waals surface area contributed by atoms with Gasteiger partial charge in [0.05, 0.1) is 13.2 Å². The van der Waals surface area contributed by atoms with E-state index in [0.29, 0.717) is 6.61 Å². The van der Waals surface area contributed by atoms with Crippen molar-refractivity contribution in [2.75, 3.05) is 13.2 Å². The molecule has 1 aromatic rings. The predicted octanol–water partition coefficient (Wildman–Crippen LogP) is 1.95. The largest absolute Gasteiger partial charge is 0.488 e. The van der Waals surface area contributed by atoms with Crippen molar-refractivity contribution in [1.82, 2.24) is 0 Å². The van der Waals surface area contributed by atoms with Crippen molar-refractivity contribution in [2.24, 2.45) is 0 Å². The van der Waals surface area contributed by atoms with Gasteiger partial charge in [0.25, 0.3) is 0 Å². The fourth-order valence-electron chi connectivity index (χ4n) is 1.66. The number of benzene rings is 1. The van der Waals surface area contributed by atoms with Crippen molar-refractivity contribution in [3.05, 3.63) is 35.9 Å². The SMILES string of the molecule is O=C(O)/C=C/c1cccc(OC2CCOC2)c1. The molecule has 0 radical (unpaired) electrons. The lowest BCUT2D eigenvalue weighted by molar-refractivity contribution is -0.131. The maximum atomic E-state index is 10.4. The lowest BCUT2D eigenvalue weighted by atomic mass is 10.2. The highest BCUT2D eigenvalue weighted by molar-refractivity contribution is 5.85. The van der Waals surface area contributed by atoms with Crippen LogP contribution in [0.25, 0.3) is 6.08 Å². The Bertz CT molecular complexity index is 419. The molecule has 1 unspecified atom stereocenters. The van der Waals surface area contributed by atoms with E-state index in [1.165, 1.54) is 0 Å². The third-order valence-electron chi connectivity index (χ3n) is 2.47. The summed E-state index contributed by atoms with van der Waals surface area (Å²) in [6.07, 6.45) is 3.65. The molecule has 1 aromatic carbocycles. The molecule has 1 aliphatic rings. The van der Waals surface area contributed by atoms with Crippen LogP contribution in [0.5, 0.6) is 5.75 Å². The Kier molecular flexibility index (Phi) is 3.77. The number of rotatable bonds is 4. The highest BCUT2D eigenvalue weighted by Crippen LogP contribution is 2.19. The highest BCUT2D eigenvalue weighted by Gasteiger charge is 2.16. The second-order valence-electron chi connectivity index (χ2n) is 3.85. The summed E-state index contributed by atoms with van der Waals surface area (Å²) < 4.78 is 10.9. The van der Waals surface area contributed by atoms with E-state index in [-0.39, 0.29) is 6.10 Å². The highest BCUT2D eigenvalue weighted by atomic mass is 16.5. The molecule has 17 heavy (non-hydrogen) atoms. The molecule has 1 heterocycles. The van der Waals surface area contributed by atoms with E-state index >= 15 is 0 Å². The molecule has 0 saturated carbocycles. The Balaban J connectivity index is 2.02. The Morgan fingerprint density at radius 1 is 1.53 bits per heavy atom. The van der Waals surface area contributed by atoms with Crippen LogP contribution < -0.4 is 4.74 Å². The van der Waals surface area contributed by atoms with E-state index in [1.807, 2.05) is 24.3 Å². The summed E-state index contributed by atoms with van der Waals surface area (Å²) in [5.74, 6) is -0.214. The van der Waals surface area contributed by atoms with Gasteiger partial charge in [0.15, 0.2) is 0 Å². The Labute approximate surface area is 99.5 Å². The maximum absolute atomic E-state index is 10.4. The minimum atomic E-state index is -0.958. The zero-order chi connectivity index (χ0) is 12.1. The monoisotopic (exact) mass is 234 g/mol. The number of hydrogen-bond acceptors (Lipinski definition) is 3. The first-order valence-electron chi connectivity index (χ1n) is 5.49. The summed E-state index contributed by atoms with van der Waals surface area (Å²) in [6.45, 7) is 1.36. The topological polar surface area (TPSA) is 55.8 Å². The minimum Gasteiger partial charge on any atom is -0.488 e. The van der Waals surface area contributed by atoms with E-state index in [1.54, 1.807) is 6.08 Å². The first-order chi connectivity index (χ1) is 8.24. The average Bonchev–Trinajstić information content (AvgIpc) is 2.80. The lowest BCUT2D eigenvalue weighted by Crippen LogP contribution is -2.15. The molecule has 0 amide bonds. The standard InChI is InChI=1S/C13H14O4/c14-13(15)5-4-10-2-1-3-11(8-10)17-12-6-7-16-9-12/h1-5,8,12H,6-7,9H2,(H,14,15)/b5-4+. The molecular formula is C13H14O4. The molecule has 0 aromatic heterocycles. The summed E-state index contributed by atoms with van der Waals surface area (Å²) in [5.41, 5.74) is 0.809. The van der Waals surface area contributed by atoms with Gasteiger partial charge in [0.2, 0.25) is 0 Å². The molecule has 4 heteroatoms. The van der Waals surface area contributed by atoms with Crippen molar-refractivity contribution in [2.45, 2.75) is 12.5 Å². The molecule has 1 aliphatic heterocycles. The number of ether oxygens (including phenoxy) is 2. The van der Waals surface area contributed by atoms with Crippen LogP contribution in [0.3, 0.4) is 0 Å². The van der Waals surface area contributed by atoms with Crippen LogP contribution in [-0.4, -0.2) is 30.4 Å². The van der Waals surface area contributed by atoms with Gasteiger partial charge < -0.3 is 14.6 Å². The summed E-state index contributed by atoms with van der Waals surface area (Å²) in [4.78, 5) is 10.4. The van der Waals surface area contributed by atoms with E-state index in [2.05, 4.69) is 0 Å². The van der Waals surface area contributed by atoms with Gasteiger partial charge >= 0.3 is 5.97 Å². The number of carboxylic acid groups (broad SMARTS) is 1. The van der Waals surface area contributed by atoms with Crippen molar-refractivity contribution < 1.29 is 19.4 Å². The van der Waals surface area contributed by atoms with Crippen LogP contribution >= 0.6 is 0 Å².